The molecule has 6 heteroatoms. The van der Waals surface area contributed by atoms with Crippen molar-refractivity contribution in [2.45, 2.75) is 46.5 Å². The standard InChI is InChI=1S/C21H28N2O4/c1-5-11-22-18(24)13-23-15(4)20(21(26)27-6-2)17(12-19(23)25)16-9-7-14(3)8-10-16/h7-10,17H,5-6,11-13H2,1-4H3,(H,22,24). The van der Waals surface area contributed by atoms with E-state index in [1.54, 1.807) is 13.8 Å². The van der Waals surface area contributed by atoms with E-state index in [2.05, 4.69) is 5.32 Å². The summed E-state index contributed by atoms with van der Waals surface area (Å²) in [6, 6.07) is 7.79. The predicted molar refractivity (Wildman–Crippen MR) is 103 cm³/mol. The van der Waals surface area contributed by atoms with E-state index in [9.17, 15) is 14.4 Å². The number of hydrogen-bond donors (Lipinski definition) is 1. The third-order valence-electron chi connectivity index (χ3n) is 4.67. The molecule has 1 aromatic carbocycles. The van der Waals surface area contributed by atoms with E-state index in [4.69, 9.17) is 4.74 Å². The molecule has 1 unspecified atom stereocenters. The summed E-state index contributed by atoms with van der Waals surface area (Å²) in [5.74, 6) is -1.21. The fraction of sp³-hybridized carbons (Fsp3) is 0.476. The summed E-state index contributed by atoms with van der Waals surface area (Å²) in [5, 5.41) is 2.77. The van der Waals surface area contributed by atoms with Crippen molar-refractivity contribution in [1.82, 2.24) is 10.2 Å². The van der Waals surface area contributed by atoms with Gasteiger partial charge in [-0.1, -0.05) is 36.8 Å². The zero-order valence-electron chi connectivity index (χ0n) is 16.5. The molecule has 2 amide bonds. The van der Waals surface area contributed by atoms with E-state index >= 15 is 0 Å². The highest BCUT2D eigenvalue weighted by Crippen LogP contribution is 2.37. The first-order chi connectivity index (χ1) is 12.9. The van der Waals surface area contributed by atoms with Gasteiger partial charge in [-0.3, -0.25) is 9.59 Å². The molecule has 2 rings (SSSR count). The number of amides is 2. The molecule has 1 aliphatic rings. The number of aryl methyl sites for hydroxylation is 1. The largest absolute Gasteiger partial charge is 0.463 e. The second-order valence-electron chi connectivity index (χ2n) is 6.72. The minimum Gasteiger partial charge on any atom is -0.463 e. The molecular formula is C21H28N2O4. The van der Waals surface area contributed by atoms with Crippen LogP contribution in [0.25, 0.3) is 0 Å². The summed E-state index contributed by atoms with van der Waals surface area (Å²) < 4.78 is 5.25. The van der Waals surface area contributed by atoms with Crippen molar-refractivity contribution in [2.24, 2.45) is 0 Å². The molecule has 0 saturated heterocycles. The van der Waals surface area contributed by atoms with Gasteiger partial charge in [0.05, 0.1) is 12.2 Å². The average Bonchev–Trinajstić information content (AvgIpc) is 2.63. The summed E-state index contributed by atoms with van der Waals surface area (Å²) in [5.41, 5.74) is 2.94. The first-order valence-corrected chi connectivity index (χ1v) is 9.40. The smallest absolute Gasteiger partial charge is 0.336 e. The molecule has 1 N–H and O–H groups in total. The Balaban J connectivity index is 2.39. The lowest BCUT2D eigenvalue weighted by molar-refractivity contribution is -0.141. The highest BCUT2D eigenvalue weighted by Gasteiger charge is 2.37. The van der Waals surface area contributed by atoms with E-state index < -0.39 is 5.97 Å². The maximum atomic E-state index is 12.8. The average molecular weight is 372 g/mol. The molecule has 0 aromatic heterocycles. The Morgan fingerprint density at radius 3 is 2.44 bits per heavy atom. The second kappa shape index (κ2) is 9.35. The van der Waals surface area contributed by atoms with Gasteiger partial charge in [-0.2, -0.15) is 0 Å². The summed E-state index contributed by atoms with van der Waals surface area (Å²) in [6.07, 6.45) is 0.952. The number of rotatable bonds is 7. The molecular weight excluding hydrogens is 344 g/mol. The molecule has 1 aliphatic heterocycles. The molecule has 0 fully saturated rings. The van der Waals surface area contributed by atoms with E-state index in [1.165, 1.54) is 4.90 Å². The summed E-state index contributed by atoms with van der Waals surface area (Å²) in [7, 11) is 0. The van der Waals surface area contributed by atoms with Crippen LogP contribution in [0.1, 0.15) is 50.7 Å². The van der Waals surface area contributed by atoms with Gasteiger partial charge in [-0.25, -0.2) is 4.79 Å². The van der Waals surface area contributed by atoms with E-state index in [-0.39, 0.29) is 37.3 Å². The fourth-order valence-electron chi connectivity index (χ4n) is 3.22. The molecule has 0 spiro atoms. The Morgan fingerprint density at radius 1 is 1.19 bits per heavy atom. The maximum Gasteiger partial charge on any atom is 0.336 e. The van der Waals surface area contributed by atoms with Crippen LogP contribution < -0.4 is 5.32 Å². The van der Waals surface area contributed by atoms with Crippen LogP contribution in [0.5, 0.6) is 0 Å². The van der Waals surface area contributed by atoms with Gasteiger partial charge in [0.1, 0.15) is 6.54 Å². The van der Waals surface area contributed by atoms with Gasteiger partial charge in [0.2, 0.25) is 11.8 Å². The lowest BCUT2D eigenvalue weighted by atomic mass is 9.83. The lowest BCUT2D eigenvalue weighted by Crippen LogP contribution is -2.44. The first-order valence-electron chi connectivity index (χ1n) is 9.40. The number of carbonyl (C=O) groups is 3. The number of allylic oxidation sites excluding steroid dienone is 1. The van der Waals surface area contributed by atoms with Gasteiger partial charge in [0.15, 0.2) is 0 Å². The van der Waals surface area contributed by atoms with Gasteiger partial charge in [-0.05, 0) is 32.8 Å². The fourth-order valence-corrected chi connectivity index (χ4v) is 3.22. The van der Waals surface area contributed by atoms with Crippen LogP contribution in [0.2, 0.25) is 0 Å². The van der Waals surface area contributed by atoms with E-state index in [0.29, 0.717) is 17.8 Å². The Morgan fingerprint density at radius 2 is 1.85 bits per heavy atom. The lowest BCUT2D eigenvalue weighted by Gasteiger charge is -2.34. The number of carbonyl (C=O) groups excluding carboxylic acids is 3. The molecule has 0 bridgehead atoms. The van der Waals surface area contributed by atoms with Crippen LogP contribution in [-0.4, -0.2) is 42.4 Å². The zero-order chi connectivity index (χ0) is 20.0. The van der Waals surface area contributed by atoms with Crippen molar-refractivity contribution in [3.05, 3.63) is 46.7 Å². The van der Waals surface area contributed by atoms with Gasteiger partial charge in [-0.15, -0.1) is 0 Å². The molecule has 0 saturated carbocycles. The third kappa shape index (κ3) is 4.96. The molecule has 1 heterocycles. The minimum atomic E-state index is -0.438. The number of benzene rings is 1. The zero-order valence-corrected chi connectivity index (χ0v) is 16.5. The Kier molecular flexibility index (Phi) is 7.16. The van der Waals surface area contributed by atoms with Crippen molar-refractivity contribution in [1.29, 1.82) is 0 Å². The second-order valence-corrected chi connectivity index (χ2v) is 6.72. The number of esters is 1. The van der Waals surface area contributed by atoms with E-state index in [1.807, 2.05) is 38.1 Å². The van der Waals surface area contributed by atoms with Crippen LogP contribution in [0.15, 0.2) is 35.5 Å². The van der Waals surface area contributed by atoms with Crippen molar-refractivity contribution >= 4 is 17.8 Å². The molecule has 146 valence electrons. The van der Waals surface area contributed by atoms with Gasteiger partial charge >= 0.3 is 5.97 Å². The van der Waals surface area contributed by atoms with Gasteiger partial charge in [0.25, 0.3) is 0 Å². The summed E-state index contributed by atoms with van der Waals surface area (Å²) in [4.78, 5) is 38.9. The SMILES string of the molecule is CCCNC(=O)CN1C(=O)CC(c2ccc(C)cc2)C(C(=O)OCC)=C1C. The highest BCUT2D eigenvalue weighted by molar-refractivity contribution is 5.97. The Bertz CT molecular complexity index is 737. The molecule has 1 aromatic rings. The third-order valence-corrected chi connectivity index (χ3v) is 4.67. The molecule has 0 radical (unpaired) electrons. The predicted octanol–water partition coefficient (Wildman–Crippen LogP) is 2.67. The first kappa shape index (κ1) is 20.7. The quantitative estimate of drug-likeness (QED) is 0.747. The van der Waals surface area contributed by atoms with Crippen LogP contribution in [-0.2, 0) is 19.1 Å². The monoisotopic (exact) mass is 372 g/mol. The molecule has 0 aliphatic carbocycles. The summed E-state index contributed by atoms with van der Waals surface area (Å²) >= 11 is 0. The number of nitrogens with zero attached hydrogens (tertiary/aromatic N) is 1. The molecule has 6 nitrogen and oxygen atoms in total. The topological polar surface area (TPSA) is 75.7 Å². The number of hydrogen-bond acceptors (Lipinski definition) is 4. The minimum absolute atomic E-state index is 0.0891. The Hall–Kier alpha value is -2.63. The van der Waals surface area contributed by atoms with Crippen molar-refractivity contribution in [3.8, 4) is 0 Å². The van der Waals surface area contributed by atoms with Crippen LogP contribution in [0.3, 0.4) is 0 Å². The maximum absolute atomic E-state index is 12.8. The van der Waals surface area contributed by atoms with Gasteiger partial charge < -0.3 is 15.0 Å². The molecule has 27 heavy (non-hydrogen) atoms. The normalized spacial score (nSPS) is 17.1. The molecule has 1 atom stereocenters. The van der Waals surface area contributed by atoms with E-state index in [0.717, 1.165) is 17.5 Å². The summed E-state index contributed by atoms with van der Waals surface area (Å²) in [6.45, 7) is 8.12. The van der Waals surface area contributed by atoms with Crippen LogP contribution in [0.4, 0.5) is 0 Å². The van der Waals surface area contributed by atoms with Crippen molar-refractivity contribution in [2.75, 3.05) is 19.7 Å². The van der Waals surface area contributed by atoms with Crippen molar-refractivity contribution in [3.63, 3.8) is 0 Å². The highest BCUT2D eigenvalue weighted by atomic mass is 16.5. The van der Waals surface area contributed by atoms with Crippen LogP contribution in [0, 0.1) is 6.92 Å². The number of ether oxygens (including phenoxy) is 1. The van der Waals surface area contributed by atoms with Gasteiger partial charge in [0, 0.05) is 24.6 Å². The Labute approximate surface area is 160 Å². The van der Waals surface area contributed by atoms with Crippen LogP contribution >= 0.6 is 0 Å². The number of nitrogens with one attached hydrogen (secondary N) is 1. The van der Waals surface area contributed by atoms with Crippen molar-refractivity contribution < 1.29 is 19.1 Å².